The second-order valence-corrected chi connectivity index (χ2v) is 6.68. The topological polar surface area (TPSA) is 21.3 Å². The van der Waals surface area contributed by atoms with E-state index in [0.717, 1.165) is 6.54 Å². The summed E-state index contributed by atoms with van der Waals surface area (Å²) in [6, 6.07) is 9.31. The van der Waals surface area contributed by atoms with Gasteiger partial charge in [-0.1, -0.05) is 28.1 Å². The predicted molar refractivity (Wildman–Crippen MR) is 79.0 cm³/mol. The van der Waals surface area contributed by atoms with Crippen molar-refractivity contribution in [3.63, 3.8) is 0 Å². The molecular formula is C15H22BrNO. The van der Waals surface area contributed by atoms with Crippen LogP contribution in [0.15, 0.2) is 28.7 Å². The highest BCUT2D eigenvalue weighted by Gasteiger charge is 2.31. The summed E-state index contributed by atoms with van der Waals surface area (Å²) in [5.41, 5.74) is 1.38. The molecule has 0 aromatic heterocycles. The lowest BCUT2D eigenvalue weighted by Crippen LogP contribution is -2.46. The molecule has 0 saturated heterocycles. The van der Waals surface area contributed by atoms with Gasteiger partial charge in [0.1, 0.15) is 0 Å². The van der Waals surface area contributed by atoms with Gasteiger partial charge in [0, 0.05) is 24.2 Å². The van der Waals surface area contributed by atoms with E-state index in [2.05, 4.69) is 59.4 Å². The first-order chi connectivity index (χ1) is 8.50. The SMILES string of the molecule is COC(C)(C)CNC1CC(c2cccc(Br)c2)C1. The number of methoxy groups -OCH3 is 1. The molecule has 2 rings (SSSR count). The zero-order chi connectivity index (χ0) is 13.2. The second-order valence-electron chi connectivity index (χ2n) is 5.76. The molecule has 0 heterocycles. The Bertz CT molecular complexity index is 399. The van der Waals surface area contributed by atoms with Crippen molar-refractivity contribution in [3.05, 3.63) is 34.3 Å². The van der Waals surface area contributed by atoms with Crippen molar-refractivity contribution in [2.45, 2.75) is 44.2 Å². The number of ether oxygens (including phenoxy) is 1. The summed E-state index contributed by atoms with van der Waals surface area (Å²) >= 11 is 3.53. The molecular weight excluding hydrogens is 290 g/mol. The molecule has 0 radical (unpaired) electrons. The van der Waals surface area contributed by atoms with E-state index in [0.29, 0.717) is 12.0 Å². The molecule has 1 aromatic rings. The van der Waals surface area contributed by atoms with E-state index < -0.39 is 0 Å². The van der Waals surface area contributed by atoms with Crippen molar-refractivity contribution >= 4 is 15.9 Å². The van der Waals surface area contributed by atoms with Crippen LogP contribution in [0.25, 0.3) is 0 Å². The summed E-state index contributed by atoms with van der Waals surface area (Å²) in [6.07, 6.45) is 2.46. The molecule has 0 atom stereocenters. The van der Waals surface area contributed by atoms with Gasteiger partial charge < -0.3 is 10.1 Å². The highest BCUT2D eigenvalue weighted by molar-refractivity contribution is 9.10. The molecule has 0 spiro atoms. The van der Waals surface area contributed by atoms with Crippen molar-refractivity contribution < 1.29 is 4.74 Å². The third-order valence-electron chi connectivity index (χ3n) is 3.83. The Hall–Kier alpha value is -0.380. The van der Waals surface area contributed by atoms with Gasteiger partial charge in [-0.3, -0.25) is 0 Å². The second kappa shape index (κ2) is 5.72. The molecule has 0 unspecified atom stereocenters. The molecule has 1 saturated carbocycles. The van der Waals surface area contributed by atoms with Crippen LogP contribution in [0.1, 0.15) is 38.2 Å². The zero-order valence-corrected chi connectivity index (χ0v) is 13.0. The average Bonchev–Trinajstić information content (AvgIpc) is 2.27. The number of hydrogen-bond acceptors (Lipinski definition) is 2. The van der Waals surface area contributed by atoms with Gasteiger partial charge in [0.05, 0.1) is 5.60 Å². The van der Waals surface area contributed by atoms with Crippen molar-refractivity contribution in [3.8, 4) is 0 Å². The summed E-state index contributed by atoms with van der Waals surface area (Å²) in [7, 11) is 1.77. The Morgan fingerprint density at radius 2 is 2.11 bits per heavy atom. The van der Waals surface area contributed by atoms with Gasteiger partial charge in [0.15, 0.2) is 0 Å². The fourth-order valence-corrected chi connectivity index (χ4v) is 2.70. The first-order valence-electron chi connectivity index (χ1n) is 6.54. The smallest absolute Gasteiger partial charge is 0.0746 e. The van der Waals surface area contributed by atoms with E-state index in [9.17, 15) is 0 Å². The van der Waals surface area contributed by atoms with Crippen LogP contribution >= 0.6 is 15.9 Å². The molecule has 1 aromatic carbocycles. The fourth-order valence-electron chi connectivity index (χ4n) is 2.28. The quantitative estimate of drug-likeness (QED) is 0.895. The van der Waals surface area contributed by atoms with E-state index in [-0.39, 0.29) is 5.60 Å². The highest BCUT2D eigenvalue weighted by atomic mass is 79.9. The molecule has 0 aliphatic heterocycles. The van der Waals surface area contributed by atoms with Crippen LogP contribution in [0.2, 0.25) is 0 Å². The van der Waals surface area contributed by atoms with E-state index in [4.69, 9.17) is 4.74 Å². The maximum absolute atomic E-state index is 5.42. The lowest BCUT2D eigenvalue weighted by Gasteiger charge is -2.38. The Labute approximate surface area is 118 Å². The van der Waals surface area contributed by atoms with Crippen molar-refractivity contribution in [1.82, 2.24) is 5.32 Å². The van der Waals surface area contributed by atoms with Crippen LogP contribution in [0, 0.1) is 0 Å². The number of halogens is 1. The molecule has 1 aliphatic rings. The van der Waals surface area contributed by atoms with Gasteiger partial charge in [-0.2, -0.15) is 0 Å². The standard InChI is InChI=1S/C15H22BrNO/c1-15(2,18-3)10-17-14-8-12(9-14)11-5-4-6-13(16)7-11/h4-7,12,14,17H,8-10H2,1-3H3. The first kappa shape index (κ1) is 14.0. The summed E-state index contributed by atoms with van der Waals surface area (Å²) in [4.78, 5) is 0. The number of hydrogen-bond donors (Lipinski definition) is 1. The van der Waals surface area contributed by atoms with Gasteiger partial charge in [-0.05, 0) is 50.3 Å². The normalized spacial score (nSPS) is 23.8. The zero-order valence-electron chi connectivity index (χ0n) is 11.4. The molecule has 3 heteroatoms. The van der Waals surface area contributed by atoms with Gasteiger partial charge >= 0.3 is 0 Å². The molecule has 100 valence electrons. The highest BCUT2D eigenvalue weighted by Crippen LogP contribution is 2.37. The first-order valence-corrected chi connectivity index (χ1v) is 7.33. The van der Waals surface area contributed by atoms with Crippen molar-refractivity contribution in [1.29, 1.82) is 0 Å². The van der Waals surface area contributed by atoms with Crippen LogP contribution in [0.3, 0.4) is 0 Å². The van der Waals surface area contributed by atoms with E-state index >= 15 is 0 Å². The van der Waals surface area contributed by atoms with Crippen LogP contribution in [0.5, 0.6) is 0 Å². The molecule has 0 amide bonds. The van der Waals surface area contributed by atoms with E-state index in [1.165, 1.54) is 22.9 Å². The maximum atomic E-state index is 5.42. The largest absolute Gasteiger partial charge is 0.377 e. The van der Waals surface area contributed by atoms with Crippen LogP contribution in [-0.2, 0) is 4.74 Å². The monoisotopic (exact) mass is 311 g/mol. The Kier molecular flexibility index (Phi) is 4.46. The molecule has 18 heavy (non-hydrogen) atoms. The summed E-state index contributed by atoms with van der Waals surface area (Å²) in [6.45, 7) is 5.15. The van der Waals surface area contributed by atoms with E-state index in [1.54, 1.807) is 7.11 Å². The molecule has 0 bridgehead atoms. The van der Waals surface area contributed by atoms with Crippen molar-refractivity contribution in [2.75, 3.05) is 13.7 Å². The third-order valence-corrected chi connectivity index (χ3v) is 4.32. The van der Waals surface area contributed by atoms with Gasteiger partial charge in [0.2, 0.25) is 0 Å². The summed E-state index contributed by atoms with van der Waals surface area (Å²) in [5.74, 6) is 0.714. The Balaban J connectivity index is 1.77. The minimum Gasteiger partial charge on any atom is -0.377 e. The summed E-state index contributed by atoms with van der Waals surface area (Å²) in [5, 5.41) is 3.59. The van der Waals surface area contributed by atoms with Crippen molar-refractivity contribution in [2.24, 2.45) is 0 Å². The maximum Gasteiger partial charge on any atom is 0.0746 e. The number of nitrogens with one attached hydrogen (secondary N) is 1. The Morgan fingerprint density at radius 3 is 2.72 bits per heavy atom. The van der Waals surface area contributed by atoms with Gasteiger partial charge in [-0.15, -0.1) is 0 Å². The molecule has 2 nitrogen and oxygen atoms in total. The fraction of sp³-hybridized carbons (Fsp3) is 0.600. The summed E-state index contributed by atoms with van der Waals surface area (Å²) < 4.78 is 6.59. The molecule has 1 aliphatic carbocycles. The van der Waals surface area contributed by atoms with Gasteiger partial charge in [0.25, 0.3) is 0 Å². The average molecular weight is 312 g/mol. The van der Waals surface area contributed by atoms with Crippen LogP contribution < -0.4 is 5.32 Å². The third kappa shape index (κ3) is 3.56. The molecule has 1 fully saturated rings. The number of benzene rings is 1. The van der Waals surface area contributed by atoms with Crippen LogP contribution in [-0.4, -0.2) is 25.3 Å². The van der Waals surface area contributed by atoms with E-state index in [1.807, 2.05) is 0 Å². The lowest BCUT2D eigenvalue weighted by molar-refractivity contribution is 0.0180. The number of rotatable bonds is 5. The van der Waals surface area contributed by atoms with Gasteiger partial charge in [-0.25, -0.2) is 0 Å². The molecule has 1 N–H and O–H groups in total. The van der Waals surface area contributed by atoms with Crippen LogP contribution in [0.4, 0.5) is 0 Å². The minimum absolute atomic E-state index is 0.0686. The minimum atomic E-state index is -0.0686. The Morgan fingerprint density at radius 1 is 1.39 bits per heavy atom. The lowest BCUT2D eigenvalue weighted by atomic mass is 9.76. The predicted octanol–water partition coefficient (Wildman–Crippen LogP) is 3.71.